The van der Waals surface area contributed by atoms with Crippen LogP contribution in [-0.2, 0) is 4.79 Å². The van der Waals surface area contributed by atoms with Gasteiger partial charge in [0.1, 0.15) is 0 Å². The van der Waals surface area contributed by atoms with Crippen LogP contribution in [-0.4, -0.2) is 17.1 Å². The van der Waals surface area contributed by atoms with E-state index in [1.54, 1.807) is 11.3 Å². The maximum absolute atomic E-state index is 11.9. The number of halogens is 1. The van der Waals surface area contributed by atoms with E-state index in [0.29, 0.717) is 6.04 Å². The normalized spacial score (nSPS) is 24.6. The van der Waals surface area contributed by atoms with Crippen molar-refractivity contribution in [3.8, 4) is 0 Å². The molecule has 2 heterocycles. The first-order chi connectivity index (χ1) is 9.70. The molecule has 0 unspecified atom stereocenters. The Balaban J connectivity index is 1.71. The van der Waals surface area contributed by atoms with Gasteiger partial charge < -0.3 is 5.32 Å². The standard InChI is InChI=1S/C14H15BrN2OS2/c15-12-7-9(8-19-12)6-11-13(18)17-14(20-11)16-10-4-2-1-3-5-10/h6-8,10H,1-5H2,(H,16,17,18). The molecule has 1 aromatic heterocycles. The second-order valence-electron chi connectivity index (χ2n) is 4.98. The van der Waals surface area contributed by atoms with Crippen LogP contribution in [0.5, 0.6) is 0 Å². The van der Waals surface area contributed by atoms with Crippen molar-refractivity contribution in [3.05, 3.63) is 25.7 Å². The lowest BCUT2D eigenvalue weighted by molar-refractivity contribution is -0.115. The van der Waals surface area contributed by atoms with Gasteiger partial charge in [-0.25, -0.2) is 0 Å². The van der Waals surface area contributed by atoms with Gasteiger partial charge in [-0.15, -0.1) is 11.3 Å². The van der Waals surface area contributed by atoms with Gasteiger partial charge in [-0.1, -0.05) is 19.3 Å². The number of amidine groups is 1. The van der Waals surface area contributed by atoms with Crippen molar-refractivity contribution in [2.24, 2.45) is 4.99 Å². The molecule has 1 aromatic rings. The largest absolute Gasteiger partial charge is 0.301 e. The molecule has 0 bridgehead atoms. The first-order valence-electron chi connectivity index (χ1n) is 6.73. The van der Waals surface area contributed by atoms with E-state index in [1.165, 1.54) is 31.0 Å². The molecule has 1 saturated heterocycles. The van der Waals surface area contributed by atoms with Gasteiger partial charge in [0.2, 0.25) is 0 Å². The average Bonchev–Trinajstić information content (AvgIpc) is 2.98. The van der Waals surface area contributed by atoms with E-state index >= 15 is 0 Å². The third-order valence-corrected chi connectivity index (χ3v) is 5.86. The number of carbonyl (C=O) groups excluding carboxylic acids is 1. The summed E-state index contributed by atoms with van der Waals surface area (Å²) in [6, 6.07) is 2.41. The number of thioether (sulfide) groups is 1. The molecule has 0 radical (unpaired) electrons. The average molecular weight is 371 g/mol. The van der Waals surface area contributed by atoms with E-state index in [0.717, 1.165) is 32.3 Å². The van der Waals surface area contributed by atoms with Gasteiger partial charge in [-0.05, 0) is 63.6 Å². The van der Waals surface area contributed by atoms with E-state index in [1.807, 2.05) is 17.5 Å². The molecule has 1 saturated carbocycles. The molecule has 0 spiro atoms. The van der Waals surface area contributed by atoms with Crippen LogP contribution in [0.2, 0.25) is 0 Å². The minimum Gasteiger partial charge on any atom is -0.301 e. The highest BCUT2D eigenvalue weighted by Crippen LogP contribution is 2.30. The Morgan fingerprint density at radius 3 is 2.85 bits per heavy atom. The first-order valence-corrected chi connectivity index (χ1v) is 9.22. The lowest BCUT2D eigenvalue weighted by Crippen LogP contribution is -2.22. The van der Waals surface area contributed by atoms with Crippen molar-refractivity contribution in [2.75, 3.05) is 0 Å². The number of hydrogen-bond acceptors (Lipinski definition) is 4. The minimum absolute atomic E-state index is 0.0353. The van der Waals surface area contributed by atoms with E-state index in [-0.39, 0.29) is 5.91 Å². The molecule has 1 aliphatic carbocycles. The summed E-state index contributed by atoms with van der Waals surface area (Å²) in [4.78, 5) is 17.4. The van der Waals surface area contributed by atoms with Crippen LogP contribution in [0.4, 0.5) is 0 Å². The summed E-state index contributed by atoms with van der Waals surface area (Å²) in [7, 11) is 0. The monoisotopic (exact) mass is 370 g/mol. The Morgan fingerprint density at radius 2 is 2.15 bits per heavy atom. The van der Waals surface area contributed by atoms with Crippen LogP contribution in [0, 0.1) is 0 Å². The summed E-state index contributed by atoms with van der Waals surface area (Å²) in [5.41, 5.74) is 1.05. The van der Waals surface area contributed by atoms with E-state index in [2.05, 4.69) is 26.2 Å². The van der Waals surface area contributed by atoms with Gasteiger partial charge in [-0.3, -0.25) is 9.79 Å². The number of aliphatic imine (C=N–C) groups is 1. The zero-order valence-corrected chi connectivity index (χ0v) is 14.1. The van der Waals surface area contributed by atoms with Crippen molar-refractivity contribution in [1.29, 1.82) is 0 Å². The van der Waals surface area contributed by atoms with Crippen LogP contribution in [0.25, 0.3) is 6.08 Å². The number of nitrogens with one attached hydrogen (secondary N) is 1. The van der Waals surface area contributed by atoms with E-state index < -0.39 is 0 Å². The molecular weight excluding hydrogens is 356 g/mol. The highest BCUT2D eigenvalue weighted by molar-refractivity contribution is 9.11. The van der Waals surface area contributed by atoms with Crippen molar-refractivity contribution in [3.63, 3.8) is 0 Å². The van der Waals surface area contributed by atoms with Gasteiger partial charge in [0.15, 0.2) is 5.17 Å². The van der Waals surface area contributed by atoms with Crippen molar-refractivity contribution < 1.29 is 4.79 Å². The predicted octanol–water partition coefficient (Wildman–Crippen LogP) is 4.40. The Kier molecular flexibility index (Phi) is 4.63. The number of thiophene rings is 1. The van der Waals surface area contributed by atoms with Crippen LogP contribution in [0.1, 0.15) is 37.7 Å². The van der Waals surface area contributed by atoms with Crippen molar-refractivity contribution >= 4 is 56.2 Å². The highest BCUT2D eigenvalue weighted by Gasteiger charge is 2.25. The van der Waals surface area contributed by atoms with Gasteiger partial charge in [0.05, 0.1) is 14.7 Å². The number of nitrogens with zero attached hydrogens (tertiary/aromatic N) is 1. The lowest BCUT2D eigenvalue weighted by atomic mass is 9.96. The third kappa shape index (κ3) is 3.54. The first kappa shape index (κ1) is 14.4. The molecule has 3 rings (SSSR count). The summed E-state index contributed by atoms with van der Waals surface area (Å²) in [6.07, 6.45) is 8.05. The third-order valence-electron chi connectivity index (χ3n) is 3.41. The second-order valence-corrected chi connectivity index (χ2v) is 8.30. The number of hydrogen-bond donors (Lipinski definition) is 1. The van der Waals surface area contributed by atoms with Gasteiger partial charge in [0.25, 0.3) is 5.91 Å². The quantitative estimate of drug-likeness (QED) is 0.783. The van der Waals surface area contributed by atoms with Gasteiger partial charge in [-0.2, -0.15) is 0 Å². The fourth-order valence-electron chi connectivity index (χ4n) is 2.41. The molecule has 3 nitrogen and oxygen atoms in total. The lowest BCUT2D eigenvalue weighted by Gasteiger charge is -2.17. The van der Waals surface area contributed by atoms with Crippen LogP contribution < -0.4 is 5.32 Å². The van der Waals surface area contributed by atoms with E-state index in [4.69, 9.17) is 0 Å². The van der Waals surface area contributed by atoms with E-state index in [9.17, 15) is 4.79 Å². The molecule has 2 aliphatic rings. The molecule has 106 valence electrons. The maximum Gasteiger partial charge on any atom is 0.264 e. The number of rotatable bonds is 2. The van der Waals surface area contributed by atoms with Gasteiger partial charge in [0, 0.05) is 0 Å². The molecule has 1 aliphatic heterocycles. The van der Waals surface area contributed by atoms with Gasteiger partial charge >= 0.3 is 0 Å². The maximum atomic E-state index is 11.9. The Bertz CT molecular complexity index is 573. The summed E-state index contributed by atoms with van der Waals surface area (Å²) < 4.78 is 1.07. The zero-order chi connectivity index (χ0) is 13.9. The number of carbonyl (C=O) groups is 1. The molecule has 20 heavy (non-hydrogen) atoms. The summed E-state index contributed by atoms with van der Waals surface area (Å²) in [6.45, 7) is 0. The molecule has 1 N–H and O–H groups in total. The Hall–Kier alpha value is -0.590. The molecular formula is C14H15BrN2OS2. The summed E-state index contributed by atoms with van der Waals surface area (Å²) in [5.74, 6) is -0.0353. The Labute approximate surface area is 135 Å². The van der Waals surface area contributed by atoms with Crippen molar-refractivity contribution in [1.82, 2.24) is 5.32 Å². The van der Waals surface area contributed by atoms with Crippen LogP contribution >= 0.6 is 39.0 Å². The van der Waals surface area contributed by atoms with Crippen molar-refractivity contribution in [2.45, 2.75) is 38.1 Å². The second kappa shape index (κ2) is 6.45. The predicted molar refractivity (Wildman–Crippen MR) is 90.0 cm³/mol. The minimum atomic E-state index is -0.0353. The fraction of sp³-hybridized carbons (Fsp3) is 0.429. The number of amides is 1. The smallest absolute Gasteiger partial charge is 0.264 e. The highest BCUT2D eigenvalue weighted by atomic mass is 79.9. The zero-order valence-electron chi connectivity index (χ0n) is 10.9. The van der Waals surface area contributed by atoms with Crippen LogP contribution in [0.15, 0.2) is 25.1 Å². The molecule has 1 amide bonds. The molecule has 6 heteroatoms. The molecule has 0 aromatic carbocycles. The fourth-order valence-corrected chi connectivity index (χ4v) is 4.44. The SMILES string of the molecule is O=C1NC(=NC2CCCCC2)SC1=Cc1csc(Br)c1. The summed E-state index contributed by atoms with van der Waals surface area (Å²) >= 11 is 6.51. The Morgan fingerprint density at radius 1 is 1.35 bits per heavy atom. The topological polar surface area (TPSA) is 41.5 Å². The summed E-state index contributed by atoms with van der Waals surface area (Å²) in [5, 5.41) is 5.67. The molecule has 2 fully saturated rings. The molecule has 0 atom stereocenters. The van der Waals surface area contributed by atoms with Crippen LogP contribution in [0.3, 0.4) is 0 Å².